The number of benzene rings is 3. The second-order valence-corrected chi connectivity index (χ2v) is 7.81. The zero-order valence-corrected chi connectivity index (χ0v) is 18.8. The van der Waals surface area contributed by atoms with E-state index in [4.69, 9.17) is 16.3 Å². The largest absolute Gasteiger partial charge is 0.492 e. The fraction of sp³-hybridized carbons (Fsp3) is 0.286. The summed E-state index contributed by atoms with van der Waals surface area (Å²) >= 11 is 5.75. The molecule has 0 unspecified atom stereocenters. The van der Waals surface area contributed by atoms with E-state index in [-0.39, 0.29) is 0 Å². The van der Waals surface area contributed by atoms with E-state index in [1.807, 2.05) is 12.1 Å². The minimum atomic E-state index is 0.491. The van der Waals surface area contributed by atoms with E-state index >= 15 is 0 Å². The molecule has 0 saturated heterocycles. The SMILES string of the molecule is CCCCc1ccc(/C(=C(\CC)c2ccccc2)c2ccc(OCCCl)cc2)cc1. The molecule has 0 heterocycles. The highest BCUT2D eigenvalue weighted by molar-refractivity contribution is 6.18. The zero-order valence-electron chi connectivity index (χ0n) is 18.0. The topological polar surface area (TPSA) is 9.23 Å². The molecule has 0 saturated carbocycles. The van der Waals surface area contributed by atoms with Gasteiger partial charge in [-0.15, -0.1) is 11.6 Å². The predicted octanol–water partition coefficient (Wildman–Crippen LogP) is 8.02. The lowest BCUT2D eigenvalue weighted by molar-refractivity contribution is 0.343. The monoisotopic (exact) mass is 418 g/mol. The Balaban J connectivity index is 2.06. The fourth-order valence-electron chi connectivity index (χ4n) is 3.77. The number of unbranched alkanes of at least 4 members (excludes halogenated alkanes) is 1. The van der Waals surface area contributed by atoms with Gasteiger partial charge in [-0.25, -0.2) is 0 Å². The maximum absolute atomic E-state index is 5.75. The predicted molar refractivity (Wildman–Crippen MR) is 130 cm³/mol. The van der Waals surface area contributed by atoms with Crippen LogP contribution in [-0.4, -0.2) is 12.5 Å². The number of alkyl halides is 1. The number of hydrogen-bond acceptors (Lipinski definition) is 1. The number of allylic oxidation sites excluding steroid dienone is 1. The third-order valence-corrected chi connectivity index (χ3v) is 5.48. The fourth-order valence-corrected chi connectivity index (χ4v) is 3.85. The average Bonchev–Trinajstić information content (AvgIpc) is 2.81. The van der Waals surface area contributed by atoms with Crippen molar-refractivity contribution in [1.82, 2.24) is 0 Å². The van der Waals surface area contributed by atoms with E-state index in [0.717, 1.165) is 18.6 Å². The van der Waals surface area contributed by atoms with Crippen LogP contribution < -0.4 is 4.74 Å². The second kappa shape index (κ2) is 11.6. The molecule has 30 heavy (non-hydrogen) atoms. The first-order chi connectivity index (χ1) is 14.8. The van der Waals surface area contributed by atoms with Crippen LogP contribution in [0.25, 0.3) is 11.1 Å². The first-order valence-electron chi connectivity index (χ1n) is 10.9. The van der Waals surface area contributed by atoms with Gasteiger partial charge in [-0.2, -0.15) is 0 Å². The molecule has 0 fully saturated rings. The molecule has 0 aromatic heterocycles. The van der Waals surface area contributed by atoms with Crippen molar-refractivity contribution in [2.75, 3.05) is 12.5 Å². The third-order valence-electron chi connectivity index (χ3n) is 5.33. The lowest BCUT2D eigenvalue weighted by atomic mass is 9.87. The van der Waals surface area contributed by atoms with Gasteiger partial charge < -0.3 is 4.74 Å². The van der Waals surface area contributed by atoms with Crippen molar-refractivity contribution in [2.24, 2.45) is 0 Å². The molecule has 0 N–H and O–H groups in total. The van der Waals surface area contributed by atoms with Gasteiger partial charge in [-0.3, -0.25) is 0 Å². The van der Waals surface area contributed by atoms with Crippen molar-refractivity contribution < 1.29 is 4.74 Å². The maximum Gasteiger partial charge on any atom is 0.119 e. The van der Waals surface area contributed by atoms with Gasteiger partial charge >= 0.3 is 0 Å². The van der Waals surface area contributed by atoms with Gasteiger partial charge in [0.25, 0.3) is 0 Å². The van der Waals surface area contributed by atoms with Crippen LogP contribution in [0.3, 0.4) is 0 Å². The number of aryl methyl sites for hydroxylation is 1. The van der Waals surface area contributed by atoms with Gasteiger partial charge in [-0.1, -0.05) is 87.0 Å². The van der Waals surface area contributed by atoms with Crippen LogP contribution in [0.4, 0.5) is 0 Å². The summed E-state index contributed by atoms with van der Waals surface area (Å²) in [6.45, 7) is 4.99. The number of halogens is 1. The molecule has 2 heteroatoms. The lowest BCUT2D eigenvalue weighted by Gasteiger charge is -2.17. The minimum Gasteiger partial charge on any atom is -0.492 e. The van der Waals surface area contributed by atoms with Crippen LogP contribution in [-0.2, 0) is 6.42 Å². The molecule has 156 valence electrons. The summed E-state index contributed by atoms with van der Waals surface area (Å²) in [4.78, 5) is 0. The Bertz CT molecular complexity index is 871. The molecule has 0 aliphatic carbocycles. The van der Waals surface area contributed by atoms with Crippen molar-refractivity contribution in [3.05, 3.63) is 101 Å². The zero-order chi connectivity index (χ0) is 21.2. The number of hydrogen-bond donors (Lipinski definition) is 0. The molecule has 0 aliphatic rings. The van der Waals surface area contributed by atoms with Crippen LogP contribution >= 0.6 is 11.6 Å². The molecule has 3 aromatic rings. The van der Waals surface area contributed by atoms with E-state index in [1.165, 1.54) is 46.2 Å². The molecule has 0 amide bonds. The Hall–Kier alpha value is -2.51. The average molecular weight is 419 g/mol. The van der Waals surface area contributed by atoms with E-state index in [1.54, 1.807) is 0 Å². The Morgan fingerprint density at radius 2 is 1.40 bits per heavy atom. The summed E-state index contributed by atoms with van der Waals surface area (Å²) < 4.78 is 5.67. The Morgan fingerprint density at radius 1 is 0.767 bits per heavy atom. The van der Waals surface area contributed by atoms with Crippen LogP contribution in [0.1, 0.15) is 55.4 Å². The first kappa shape index (κ1) is 22.2. The van der Waals surface area contributed by atoms with E-state index in [0.29, 0.717) is 12.5 Å². The third kappa shape index (κ3) is 5.77. The minimum absolute atomic E-state index is 0.491. The highest BCUT2D eigenvalue weighted by Gasteiger charge is 2.13. The Morgan fingerprint density at radius 3 is 1.97 bits per heavy atom. The van der Waals surface area contributed by atoms with Crippen molar-refractivity contribution in [3.8, 4) is 5.75 Å². The molecule has 1 nitrogen and oxygen atoms in total. The van der Waals surface area contributed by atoms with Crippen LogP contribution in [0.5, 0.6) is 5.75 Å². The molecule has 3 rings (SSSR count). The summed E-state index contributed by atoms with van der Waals surface area (Å²) in [5.74, 6) is 1.34. The number of ether oxygens (including phenoxy) is 1. The molecule has 0 radical (unpaired) electrons. The summed E-state index contributed by atoms with van der Waals surface area (Å²) in [7, 11) is 0. The van der Waals surface area contributed by atoms with Crippen molar-refractivity contribution in [1.29, 1.82) is 0 Å². The summed E-state index contributed by atoms with van der Waals surface area (Å²) in [6.07, 6.45) is 4.55. The quantitative estimate of drug-likeness (QED) is 0.239. The summed E-state index contributed by atoms with van der Waals surface area (Å²) in [5.41, 5.74) is 7.77. The van der Waals surface area contributed by atoms with Crippen LogP contribution in [0.2, 0.25) is 0 Å². The maximum atomic E-state index is 5.75. The van der Waals surface area contributed by atoms with Crippen molar-refractivity contribution in [2.45, 2.75) is 39.5 Å². The van der Waals surface area contributed by atoms with E-state index in [2.05, 4.69) is 80.6 Å². The van der Waals surface area contributed by atoms with Gasteiger partial charge in [0.2, 0.25) is 0 Å². The Kier molecular flexibility index (Phi) is 8.59. The van der Waals surface area contributed by atoms with Gasteiger partial charge in [0, 0.05) is 0 Å². The van der Waals surface area contributed by atoms with E-state index < -0.39 is 0 Å². The van der Waals surface area contributed by atoms with Crippen molar-refractivity contribution in [3.63, 3.8) is 0 Å². The van der Waals surface area contributed by atoms with Crippen LogP contribution in [0.15, 0.2) is 78.9 Å². The molecule has 0 bridgehead atoms. The van der Waals surface area contributed by atoms with Gasteiger partial charge in [-0.05, 0) is 64.8 Å². The van der Waals surface area contributed by atoms with E-state index in [9.17, 15) is 0 Å². The molecular formula is C28H31ClO. The summed E-state index contributed by atoms with van der Waals surface area (Å²) in [6, 6.07) is 28.2. The molecule has 0 spiro atoms. The first-order valence-corrected chi connectivity index (χ1v) is 11.5. The molecule has 3 aromatic carbocycles. The van der Waals surface area contributed by atoms with Gasteiger partial charge in [0.15, 0.2) is 0 Å². The highest BCUT2D eigenvalue weighted by atomic mass is 35.5. The number of rotatable bonds is 10. The highest BCUT2D eigenvalue weighted by Crippen LogP contribution is 2.35. The summed E-state index contributed by atoms with van der Waals surface area (Å²) in [5, 5.41) is 0. The van der Waals surface area contributed by atoms with Crippen molar-refractivity contribution >= 4 is 22.7 Å². The molecule has 0 atom stereocenters. The van der Waals surface area contributed by atoms with Gasteiger partial charge in [0.05, 0.1) is 5.88 Å². The second-order valence-electron chi connectivity index (χ2n) is 7.44. The van der Waals surface area contributed by atoms with Gasteiger partial charge in [0.1, 0.15) is 12.4 Å². The standard InChI is InChI=1S/C28H31ClO/c1-3-5-9-22-12-14-24(15-13-22)28(27(4-2)23-10-7-6-8-11-23)25-16-18-26(19-17-25)30-21-20-29/h6-8,10-19H,3-5,9,20-21H2,1-2H3/b28-27-. The molecule has 0 aliphatic heterocycles. The smallest absolute Gasteiger partial charge is 0.119 e. The Labute approximate surface area is 186 Å². The molecular weight excluding hydrogens is 388 g/mol. The lowest BCUT2D eigenvalue weighted by Crippen LogP contribution is -1.99. The normalized spacial score (nSPS) is 11.8. The van der Waals surface area contributed by atoms with Crippen LogP contribution in [0, 0.1) is 0 Å².